The Balaban J connectivity index is 2.50. The zero-order chi connectivity index (χ0) is 19.9. The number of unbranched alkanes of at least 4 members (excludes halogenated alkanes) is 8. The van der Waals surface area contributed by atoms with Gasteiger partial charge in [0.05, 0.1) is 0 Å². The van der Waals surface area contributed by atoms with Gasteiger partial charge < -0.3 is 9.47 Å². The number of para-hydroxylation sites is 1. The minimum Gasteiger partial charge on any atom is -0.422 e. The van der Waals surface area contributed by atoms with Crippen LogP contribution in [0.25, 0.3) is 0 Å². The van der Waals surface area contributed by atoms with Gasteiger partial charge in [-0.15, -0.1) is 0 Å². The van der Waals surface area contributed by atoms with Crippen LogP contribution in [-0.4, -0.2) is 11.9 Å². The number of halogens is 1. The predicted molar refractivity (Wildman–Crippen MR) is 104 cm³/mol. The lowest BCUT2D eigenvalue weighted by Gasteiger charge is -2.11. The Morgan fingerprint density at radius 3 is 1.85 bits per heavy atom. The predicted octanol–water partition coefficient (Wildman–Crippen LogP) is 6.36. The summed E-state index contributed by atoms with van der Waals surface area (Å²) in [6, 6.07) is 4.06. The summed E-state index contributed by atoms with van der Waals surface area (Å²) in [5.74, 6) is -1.98. The van der Waals surface area contributed by atoms with E-state index in [-0.39, 0.29) is 24.3 Å². The van der Waals surface area contributed by atoms with Gasteiger partial charge in [0.1, 0.15) is 0 Å². The molecule has 152 valence electrons. The van der Waals surface area contributed by atoms with Crippen LogP contribution in [0.15, 0.2) is 18.2 Å². The SMILES string of the molecule is CCCCCCCC(=O)Oc1cccc(F)c1OC(=O)CCCCCCC. The molecule has 4 nitrogen and oxygen atoms in total. The summed E-state index contributed by atoms with van der Waals surface area (Å²) in [4.78, 5) is 24.0. The molecular weight excluding hydrogens is 347 g/mol. The van der Waals surface area contributed by atoms with E-state index in [1.807, 2.05) is 0 Å². The first kappa shape index (κ1) is 23.1. The fraction of sp³-hybridized carbons (Fsp3) is 0.636. The summed E-state index contributed by atoms with van der Waals surface area (Å²) in [5.41, 5.74) is 0. The summed E-state index contributed by atoms with van der Waals surface area (Å²) < 4.78 is 24.5. The monoisotopic (exact) mass is 380 g/mol. The lowest BCUT2D eigenvalue weighted by Crippen LogP contribution is -2.13. The highest BCUT2D eigenvalue weighted by atomic mass is 19.1. The van der Waals surface area contributed by atoms with Crippen molar-refractivity contribution in [3.05, 3.63) is 24.0 Å². The van der Waals surface area contributed by atoms with E-state index in [2.05, 4.69) is 13.8 Å². The molecule has 0 bridgehead atoms. The van der Waals surface area contributed by atoms with Crippen molar-refractivity contribution < 1.29 is 23.5 Å². The molecule has 0 N–H and O–H groups in total. The maximum atomic E-state index is 14.1. The quantitative estimate of drug-likeness (QED) is 0.214. The third kappa shape index (κ3) is 10.1. The van der Waals surface area contributed by atoms with Crippen molar-refractivity contribution in [3.63, 3.8) is 0 Å². The maximum Gasteiger partial charge on any atom is 0.311 e. The maximum absolute atomic E-state index is 14.1. The lowest BCUT2D eigenvalue weighted by molar-refractivity contribution is -0.137. The van der Waals surface area contributed by atoms with Crippen molar-refractivity contribution in [2.75, 3.05) is 0 Å². The molecule has 0 saturated heterocycles. The Labute approximate surface area is 162 Å². The van der Waals surface area contributed by atoms with Gasteiger partial charge in [-0.1, -0.05) is 71.3 Å². The second-order valence-corrected chi connectivity index (χ2v) is 6.84. The number of benzene rings is 1. The molecule has 0 aliphatic rings. The van der Waals surface area contributed by atoms with Crippen molar-refractivity contribution in [2.45, 2.75) is 90.9 Å². The molecule has 0 spiro atoms. The fourth-order valence-electron chi connectivity index (χ4n) is 2.75. The Hall–Kier alpha value is -1.91. The lowest BCUT2D eigenvalue weighted by atomic mass is 10.1. The van der Waals surface area contributed by atoms with Gasteiger partial charge in [-0.2, -0.15) is 0 Å². The van der Waals surface area contributed by atoms with Crippen LogP contribution in [0.3, 0.4) is 0 Å². The number of hydrogen-bond donors (Lipinski definition) is 0. The van der Waals surface area contributed by atoms with Crippen molar-refractivity contribution in [1.29, 1.82) is 0 Å². The first-order valence-corrected chi connectivity index (χ1v) is 10.3. The topological polar surface area (TPSA) is 52.6 Å². The van der Waals surface area contributed by atoms with E-state index in [1.165, 1.54) is 18.2 Å². The summed E-state index contributed by atoms with van der Waals surface area (Å²) >= 11 is 0. The number of rotatable bonds is 14. The van der Waals surface area contributed by atoms with Crippen LogP contribution in [0.2, 0.25) is 0 Å². The molecule has 0 saturated carbocycles. The zero-order valence-electron chi connectivity index (χ0n) is 16.7. The molecule has 0 unspecified atom stereocenters. The van der Waals surface area contributed by atoms with E-state index in [0.29, 0.717) is 6.42 Å². The normalized spacial score (nSPS) is 10.6. The van der Waals surface area contributed by atoms with Crippen LogP contribution in [0.1, 0.15) is 90.9 Å². The third-order valence-corrected chi connectivity index (χ3v) is 4.34. The molecule has 27 heavy (non-hydrogen) atoms. The molecule has 0 fully saturated rings. The molecule has 1 aromatic rings. The number of hydrogen-bond acceptors (Lipinski definition) is 4. The average Bonchev–Trinajstić information content (AvgIpc) is 2.64. The van der Waals surface area contributed by atoms with E-state index in [9.17, 15) is 14.0 Å². The van der Waals surface area contributed by atoms with Crippen LogP contribution in [0.4, 0.5) is 4.39 Å². The minimum atomic E-state index is -0.706. The van der Waals surface area contributed by atoms with E-state index < -0.39 is 17.8 Å². The highest BCUT2D eigenvalue weighted by Crippen LogP contribution is 2.31. The number of carbonyl (C=O) groups excluding carboxylic acids is 2. The van der Waals surface area contributed by atoms with Crippen LogP contribution in [0, 0.1) is 5.82 Å². The van der Waals surface area contributed by atoms with Crippen molar-refractivity contribution in [2.24, 2.45) is 0 Å². The minimum absolute atomic E-state index is 0.0344. The first-order valence-electron chi connectivity index (χ1n) is 10.3. The van der Waals surface area contributed by atoms with Gasteiger partial charge in [0.25, 0.3) is 0 Å². The number of esters is 2. The molecule has 0 atom stereocenters. The Kier molecular flexibility index (Phi) is 12.2. The average molecular weight is 381 g/mol. The van der Waals surface area contributed by atoms with E-state index in [1.54, 1.807) is 0 Å². The van der Waals surface area contributed by atoms with Gasteiger partial charge in [-0.05, 0) is 25.0 Å². The summed E-state index contributed by atoms with van der Waals surface area (Å²) in [6.07, 6.45) is 10.6. The Bertz CT molecular complexity index is 571. The van der Waals surface area contributed by atoms with Crippen LogP contribution < -0.4 is 9.47 Å². The van der Waals surface area contributed by atoms with E-state index >= 15 is 0 Å². The van der Waals surface area contributed by atoms with Gasteiger partial charge >= 0.3 is 11.9 Å². The highest BCUT2D eigenvalue weighted by molar-refractivity contribution is 5.76. The largest absolute Gasteiger partial charge is 0.422 e. The molecule has 0 aliphatic heterocycles. The van der Waals surface area contributed by atoms with Crippen molar-refractivity contribution in [3.8, 4) is 11.5 Å². The van der Waals surface area contributed by atoms with Crippen LogP contribution in [0.5, 0.6) is 11.5 Å². The highest BCUT2D eigenvalue weighted by Gasteiger charge is 2.17. The first-order chi connectivity index (χ1) is 13.1. The van der Waals surface area contributed by atoms with Gasteiger partial charge in [0.15, 0.2) is 11.6 Å². The molecule has 5 heteroatoms. The molecule has 0 radical (unpaired) electrons. The summed E-state index contributed by atoms with van der Waals surface area (Å²) in [5, 5.41) is 0. The van der Waals surface area contributed by atoms with Crippen LogP contribution >= 0.6 is 0 Å². The molecule has 0 aromatic heterocycles. The molecular formula is C22H33FO4. The molecule has 0 heterocycles. The standard InChI is InChI=1S/C22H33FO4/c1-3-5-7-9-11-16-20(24)26-19-15-13-14-18(23)22(19)27-21(25)17-12-10-8-6-4-2/h13-15H,3-12,16-17H2,1-2H3. The van der Waals surface area contributed by atoms with E-state index in [4.69, 9.17) is 9.47 Å². The Morgan fingerprint density at radius 2 is 1.30 bits per heavy atom. The molecule has 0 amide bonds. The summed E-state index contributed by atoms with van der Waals surface area (Å²) in [6.45, 7) is 4.26. The second kappa shape index (κ2) is 14.2. The molecule has 1 aromatic carbocycles. The molecule has 1 rings (SSSR count). The number of ether oxygens (including phenoxy) is 2. The van der Waals surface area contributed by atoms with Gasteiger partial charge in [0.2, 0.25) is 5.75 Å². The van der Waals surface area contributed by atoms with Gasteiger partial charge in [0, 0.05) is 12.8 Å². The Morgan fingerprint density at radius 1 is 0.778 bits per heavy atom. The van der Waals surface area contributed by atoms with Gasteiger partial charge in [-0.3, -0.25) is 9.59 Å². The molecule has 0 aliphatic carbocycles. The number of carbonyl (C=O) groups is 2. The van der Waals surface area contributed by atoms with E-state index in [0.717, 1.165) is 57.8 Å². The van der Waals surface area contributed by atoms with Crippen LogP contribution in [-0.2, 0) is 9.59 Å². The fourth-order valence-corrected chi connectivity index (χ4v) is 2.75. The summed E-state index contributed by atoms with van der Waals surface area (Å²) in [7, 11) is 0. The second-order valence-electron chi connectivity index (χ2n) is 6.84. The van der Waals surface area contributed by atoms with Gasteiger partial charge in [-0.25, -0.2) is 4.39 Å². The smallest absolute Gasteiger partial charge is 0.311 e. The van der Waals surface area contributed by atoms with Crippen molar-refractivity contribution in [1.82, 2.24) is 0 Å². The van der Waals surface area contributed by atoms with Crippen molar-refractivity contribution >= 4 is 11.9 Å². The third-order valence-electron chi connectivity index (χ3n) is 4.34. The zero-order valence-corrected chi connectivity index (χ0v) is 16.7.